The van der Waals surface area contributed by atoms with E-state index in [1.807, 2.05) is 13.0 Å². The molecule has 224 valence electrons. The molecule has 0 aromatic heterocycles. The first-order valence-corrected chi connectivity index (χ1v) is 16.2. The van der Waals surface area contributed by atoms with Crippen molar-refractivity contribution in [3.8, 4) is 5.75 Å². The molecule has 0 bridgehead atoms. The summed E-state index contributed by atoms with van der Waals surface area (Å²) in [6, 6.07) is 20.9. The number of amides is 2. The number of sulfonamides is 1. The van der Waals surface area contributed by atoms with E-state index in [1.54, 1.807) is 67.6 Å². The fourth-order valence-corrected chi connectivity index (χ4v) is 6.70. The van der Waals surface area contributed by atoms with Gasteiger partial charge in [-0.1, -0.05) is 67.3 Å². The molecular weight excluding hydrogens is 574 g/mol. The van der Waals surface area contributed by atoms with Gasteiger partial charge >= 0.3 is 0 Å². The molecule has 0 saturated heterocycles. The Balaban J connectivity index is 1.65. The SMILES string of the molecule is CCOc1ccc(S(=O)(=O)N(CC(=O)N(Cc2ccccc2Cl)C(C)C(=O)NC2CCCCC2)c2ccccc2)cc1. The van der Waals surface area contributed by atoms with Gasteiger partial charge in [-0.2, -0.15) is 0 Å². The lowest BCUT2D eigenvalue weighted by Gasteiger charge is -2.33. The number of halogens is 1. The maximum absolute atomic E-state index is 14.1. The van der Waals surface area contributed by atoms with E-state index in [9.17, 15) is 18.0 Å². The number of benzene rings is 3. The van der Waals surface area contributed by atoms with Crippen molar-refractivity contribution in [2.75, 3.05) is 17.5 Å². The summed E-state index contributed by atoms with van der Waals surface area (Å²) in [5, 5.41) is 3.56. The summed E-state index contributed by atoms with van der Waals surface area (Å²) in [5.41, 5.74) is 0.988. The standard InChI is InChI=1S/C32H38ClN3O5S/c1-3-41-28-18-20-29(21-19-28)42(39,40)36(27-15-8-5-9-16-27)23-31(37)35(22-25-12-10-11-17-30(25)33)24(2)32(38)34-26-13-6-4-7-14-26/h5,8-12,15-21,24,26H,3-4,6-7,13-14,22-23H2,1-2H3,(H,34,38). The number of rotatable bonds is 12. The molecule has 42 heavy (non-hydrogen) atoms. The highest BCUT2D eigenvalue weighted by molar-refractivity contribution is 7.92. The van der Waals surface area contributed by atoms with Crippen molar-refractivity contribution in [3.63, 3.8) is 0 Å². The Morgan fingerprint density at radius 2 is 1.60 bits per heavy atom. The first kappa shape index (κ1) is 31.4. The molecule has 1 aliphatic rings. The zero-order chi connectivity index (χ0) is 30.1. The van der Waals surface area contributed by atoms with Crippen LogP contribution in [-0.4, -0.2) is 50.4 Å². The minimum Gasteiger partial charge on any atom is -0.494 e. The Labute approximate surface area is 253 Å². The second-order valence-corrected chi connectivity index (χ2v) is 12.7. The molecule has 4 rings (SSSR count). The van der Waals surface area contributed by atoms with Crippen LogP contribution >= 0.6 is 11.6 Å². The van der Waals surface area contributed by atoms with Gasteiger partial charge < -0.3 is 15.0 Å². The van der Waals surface area contributed by atoms with Crippen molar-refractivity contribution in [2.24, 2.45) is 0 Å². The van der Waals surface area contributed by atoms with Crippen LogP contribution in [0, 0.1) is 0 Å². The monoisotopic (exact) mass is 611 g/mol. The van der Waals surface area contributed by atoms with Gasteiger partial charge in [0.05, 0.1) is 17.2 Å². The predicted molar refractivity (Wildman–Crippen MR) is 165 cm³/mol. The third-order valence-corrected chi connectivity index (χ3v) is 9.62. The van der Waals surface area contributed by atoms with Crippen molar-refractivity contribution in [3.05, 3.63) is 89.4 Å². The van der Waals surface area contributed by atoms with Crippen LogP contribution < -0.4 is 14.4 Å². The molecule has 0 aliphatic heterocycles. The number of nitrogens with zero attached hydrogens (tertiary/aromatic N) is 2. The molecule has 1 aliphatic carbocycles. The molecule has 0 radical (unpaired) electrons. The topological polar surface area (TPSA) is 96.0 Å². The lowest BCUT2D eigenvalue weighted by Crippen LogP contribution is -2.53. The van der Waals surface area contributed by atoms with Gasteiger partial charge in [-0.3, -0.25) is 13.9 Å². The van der Waals surface area contributed by atoms with Crippen LogP contribution in [0.4, 0.5) is 5.69 Å². The summed E-state index contributed by atoms with van der Waals surface area (Å²) in [7, 11) is -4.16. The van der Waals surface area contributed by atoms with Crippen LogP contribution in [0.5, 0.6) is 5.75 Å². The van der Waals surface area contributed by atoms with Crippen LogP contribution in [0.1, 0.15) is 51.5 Å². The van der Waals surface area contributed by atoms with Gasteiger partial charge in [-0.05, 0) is 74.7 Å². The van der Waals surface area contributed by atoms with Crippen molar-refractivity contribution in [1.29, 1.82) is 0 Å². The van der Waals surface area contributed by atoms with Gasteiger partial charge in [0, 0.05) is 17.6 Å². The Bertz CT molecular complexity index is 1440. The molecule has 0 heterocycles. The lowest BCUT2D eigenvalue weighted by atomic mass is 9.95. The largest absolute Gasteiger partial charge is 0.494 e. The summed E-state index contributed by atoms with van der Waals surface area (Å²) in [6.45, 7) is 3.50. The molecule has 1 N–H and O–H groups in total. The van der Waals surface area contributed by atoms with Gasteiger partial charge in [-0.15, -0.1) is 0 Å². The fourth-order valence-electron chi connectivity index (χ4n) is 5.09. The zero-order valence-electron chi connectivity index (χ0n) is 24.0. The summed E-state index contributed by atoms with van der Waals surface area (Å²) in [6.07, 6.45) is 5.06. The van der Waals surface area contributed by atoms with Gasteiger partial charge in [0.2, 0.25) is 11.8 Å². The molecule has 1 fully saturated rings. The first-order valence-electron chi connectivity index (χ1n) is 14.3. The van der Waals surface area contributed by atoms with Gasteiger partial charge in [0.1, 0.15) is 18.3 Å². The molecular formula is C32H38ClN3O5S. The van der Waals surface area contributed by atoms with Crippen LogP contribution in [0.25, 0.3) is 0 Å². The normalized spacial score (nSPS) is 14.5. The van der Waals surface area contributed by atoms with Crippen molar-refractivity contribution >= 4 is 39.1 Å². The van der Waals surface area contributed by atoms with Gasteiger partial charge in [0.15, 0.2) is 0 Å². The van der Waals surface area contributed by atoms with E-state index in [0.717, 1.165) is 36.4 Å². The number of para-hydroxylation sites is 1. The number of hydrogen-bond donors (Lipinski definition) is 1. The van der Waals surface area contributed by atoms with Crippen LogP contribution in [0.3, 0.4) is 0 Å². The number of anilines is 1. The highest BCUT2D eigenvalue weighted by atomic mass is 35.5. The Kier molecular flexibility index (Phi) is 10.9. The smallest absolute Gasteiger partial charge is 0.264 e. The number of nitrogens with one attached hydrogen (secondary N) is 1. The molecule has 1 unspecified atom stereocenters. The molecule has 8 nitrogen and oxygen atoms in total. The lowest BCUT2D eigenvalue weighted by molar-refractivity contribution is -0.139. The molecule has 2 amide bonds. The predicted octanol–water partition coefficient (Wildman–Crippen LogP) is 5.80. The second-order valence-electron chi connectivity index (χ2n) is 10.4. The summed E-state index contributed by atoms with van der Waals surface area (Å²) < 4.78 is 34.5. The summed E-state index contributed by atoms with van der Waals surface area (Å²) in [5.74, 6) is -0.259. The number of carbonyl (C=O) groups is 2. The van der Waals surface area contributed by atoms with E-state index in [2.05, 4.69) is 5.32 Å². The number of carbonyl (C=O) groups excluding carboxylic acids is 2. The van der Waals surface area contributed by atoms with Crippen molar-refractivity contribution < 1.29 is 22.7 Å². The number of ether oxygens (including phenoxy) is 1. The van der Waals surface area contributed by atoms with Crippen LogP contribution in [0.15, 0.2) is 83.8 Å². The maximum Gasteiger partial charge on any atom is 0.264 e. The minimum absolute atomic E-state index is 0.0170. The molecule has 0 spiro atoms. The first-order chi connectivity index (χ1) is 20.2. The van der Waals surface area contributed by atoms with E-state index >= 15 is 0 Å². The Morgan fingerprint density at radius 3 is 2.24 bits per heavy atom. The van der Waals surface area contributed by atoms with Crippen molar-refractivity contribution in [1.82, 2.24) is 10.2 Å². The average molecular weight is 612 g/mol. The van der Waals surface area contributed by atoms with E-state index in [1.165, 1.54) is 17.0 Å². The quantitative estimate of drug-likeness (QED) is 0.279. The summed E-state index contributed by atoms with van der Waals surface area (Å²) in [4.78, 5) is 28.9. The van der Waals surface area contributed by atoms with E-state index in [4.69, 9.17) is 16.3 Å². The average Bonchev–Trinajstić information content (AvgIpc) is 3.00. The Morgan fingerprint density at radius 1 is 0.952 bits per heavy atom. The third-order valence-electron chi connectivity index (χ3n) is 7.46. The molecule has 10 heteroatoms. The minimum atomic E-state index is -4.16. The second kappa shape index (κ2) is 14.6. The fraction of sp³-hybridized carbons (Fsp3) is 0.375. The molecule has 3 aromatic carbocycles. The molecule has 1 atom stereocenters. The van der Waals surface area contributed by atoms with Gasteiger partial charge in [-0.25, -0.2) is 8.42 Å². The zero-order valence-corrected chi connectivity index (χ0v) is 25.6. The van der Waals surface area contributed by atoms with E-state index in [-0.39, 0.29) is 23.4 Å². The highest BCUT2D eigenvalue weighted by Gasteiger charge is 2.33. The molecule has 1 saturated carbocycles. The third kappa shape index (κ3) is 7.83. The number of hydrogen-bond acceptors (Lipinski definition) is 5. The van der Waals surface area contributed by atoms with E-state index in [0.29, 0.717) is 28.6 Å². The maximum atomic E-state index is 14.1. The highest BCUT2D eigenvalue weighted by Crippen LogP contribution is 2.27. The van der Waals surface area contributed by atoms with Crippen molar-refractivity contribution in [2.45, 2.75) is 69.5 Å². The van der Waals surface area contributed by atoms with Crippen LogP contribution in [0.2, 0.25) is 5.02 Å². The molecule has 3 aromatic rings. The van der Waals surface area contributed by atoms with Gasteiger partial charge in [0.25, 0.3) is 10.0 Å². The summed E-state index contributed by atoms with van der Waals surface area (Å²) >= 11 is 6.45. The Hall–Kier alpha value is -3.56. The van der Waals surface area contributed by atoms with Crippen LogP contribution in [-0.2, 0) is 26.2 Å². The van der Waals surface area contributed by atoms with E-state index < -0.39 is 28.5 Å².